The van der Waals surface area contributed by atoms with E-state index >= 15 is 0 Å². The van der Waals surface area contributed by atoms with Crippen LogP contribution in [-0.2, 0) is 14.8 Å². The molecule has 1 aromatic carbocycles. The largest absolute Gasteiger partial charge is 0.497 e. The van der Waals surface area contributed by atoms with Crippen LogP contribution in [0.4, 0.5) is 5.69 Å². The van der Waals surface area contributed by atoms with E-state index in [1.54, 1.807) is 32.4 Å². The number of carbonyl (C=O) groups excluding carboxylic acids is 1. The topological polar surface area (TPSA) is 97.0 Å². The van der Waals surface area contributed by atoms with Crippen LogP contribution in [0.1, 0.15) is 12.8 Å². The van der Waals surface area contributed by atoms with Crippen LogP contribution in [0.15, 0.2) is 18.2 Å². The number of nitrogens with one attached hydrogen (secondary N) is 2. The lowest BCUT2D eigenvalue weighted by Gasteiger charge is -2.31. The number of nitrogens with zero attached hydrogens (tertiary/aromatic N) is 1. The average molecular weight is 371 g/mol. The summed E-state index contributed by atoms with van der Waals surface area (Å²) in [5.41, 5.74) is 0.606. The molecule has 0 unspecified atom stereocenters. The molecule has 0 aliphatic carbocycles. The van der Waals surface area contributed by atoms with Gasteiger partial charge in [-0.1, -0.05) is 0 Å². The molecule has 0 radical (unpaired) electrons. The normalized spacial score (nSPS) is 16.4. The Morgan fingerprint density at radius 1 is 1.16 bits per heavy atom. The predicted molar refractivity (Wildman–Crippen MR) is 95.6 cm³/mol. The minimum Gasteiger partial charge on any atom is -0.497 e. The van der Waals surface area contributed by atoms with Gasteiger partial charge in [0, 0.05) is 43.0 Å². The highest BCUT2D eigenvalue weighted by molar-refractivity contribution is 7.88. The lowest BCUT2D eigenvalue weighted by Crippen LogP contribution is -2.46. The quantitative estimate of drug-likeness (QED) is 0.731. The van der Waals surface area contributed by atoms with Crippen molar-refractivity contribution in [3.05, 3.63) is 18.2 Å². The number of likely N-dealkylation sites (tertiary alicyclic amines) is 1. The molecule has 8 nitrogen and oxygen atoms in total. The van der Waals surface area contributed by atoms with Gasteiger partial charge in [-0.3, -0.25) is 9.69 Å². The van der Waals surface area contributed by atoms with Crippen LogP contribution >= 0.6 is 0 Å². The van der Waals surface area contributed by atoms with Crippen LogP contribution in [0, 0.1) is 0 Å². The van der Waals surface area contributed by atoms with E-state index in [9.17, 15) is 13.2 Å². The number of hydrogen-bond acceptors (Lipinski definition) is 6. The van der Waals surface area contributed by atoms with Gasteiger partial charge in [-0.2, -0.15) is 0 Å². The fourth-order valence-electron chi connectivity index (χ4n) is 2.79. The number of ether oxygens (including phenoxy) is 2. The van der Waals surface area contributed by atoms with E-state index < -0.39 is 10.0 Å². The number of rotatable bonds is 7. The zero-order valence-corrected chi connectivity index (χ0v) is 15.6. The fourth-order valence-corrected chi connectivity index (χ4v) is 3.64. The van der Waals surface area contributed by atoms with Gasteiger partial charge >= 0.3 is 0 Å². The molecule has 1 aromatic rings. The van der Waals surface area contributed by atoms with Gasteiger partial charge in [0.05, 0.1) is 27.0 Å². The van der Waals surface area contributed by atoms with E-state index in [0.717, 1.165) is 6.26 Å². The van der Waals surface area contributed by atoms with E-state index in [1.807, 2.05) is 4.90 Å². The summed E-state index contributed by atoms with van der Waals surface area (Å²) in [6, 6.07) is 5.12. The SMILES string of the molecule is COc1cc(NC(=O)CN2CCC(NS(C)(=O)=O)CC2)cc(OC)c1. The summed E-state index contributed by atoms with van der Waals surface area (Å²) in [4.78, 5) is 14.3. The van der Waals surface area contributed by atoms with Crippen molar-refractivity contribution in [2.24, 2.45) is 0 Å². The Morgan fingerprint density at radius 3 is 2.20 bits per heavy atom. The summed E-state index contributed by atoms with van der Waals surface area (Å²) < 4.78 is 35.5. The number of amides is 1. The van der Waals surface area contributed by atoms with E-state index in [2.05, 4.69) is 10.0 Å². The minimum atomic E-state index is -3.19. The summed E-state index contributed by atoms with van der Waals surface area (Å²) >= 11 is 0. The number of benzene rings is 1. The molecule has 9 heteroatoms. The van der Waals surface area contributed by atoms with Gasteiger partial charge in [-0.15, -0.1) is 0 Å². The molecule has 0 spiro atoms. The van der Waals surface area contributed by atoms with Crippen LogP contribution in [0.5, 0.6) is 11.5 Å². The molecule has 1 fully saturated rings. The molecule has 2 N–H and O–H groups in total. The van der Waals surface area contributed by atoms with Crippen LogP contribution in [-0.4, -0.2) is 65.4 Å². The van der Waals surface area contributed by atoms with E-state index in [1.165, 1.54) is 0 Å². The molecule has 0 bridgehead atoms. The van der Waals surface area contributed by atoms with E-state index in [4.69, 9.17) is 9.47 Å². The van der Waals surface area contributed by atoms with Crippen molar-refractivity contribution >= 4 is 21.6 Å². The Morgan fingerprint density at radius 2 is 1.72 bits per heavy atom. The van der Waals surface area contributed by atoms with Crippen molar-refractivity contribution in [3.8, 4) is 11.5 Å². The highest BCUT2D eigenvalue weighted by Gasteiger charge is 2.22. The first-order chi connectivity index (χ1) is 11.8. The molecule has 1 aliphatic rings. The number of anilines is 1. The van der Waals surface area contributed by atoms with Crippen LogP contribution in [0.25, 0.3) is 0 Å². The molecule has 1 aliphatic heterocycles. The molecule has 1 saturated heterocycles. The molecule has 0 saturated carbocycles. The Labute approximate surface area is 148 Å². The first kappa shape index (κ1) is 19.5. The minimum absolute atomic E-state index is 0.0584. The second kappa shape index (κ2) is 8.50. The summed E-state index contributed by atoms with van der Waals surface area (Å²) in [6.45, 7) is 1.59. The summed E-state index contributed by atoms with van der Waals surface area (Å²) in [5.74, 6) is 1.06. The molecule has 140 valence electrons. The van der Waals surface area contributed by atoms with Crippen molar-refractivity contribution in [2.45, 2.75) is 18.9 Å². The highest BCUT2D eigenvalue weighted by Crippen LogP contribution is 2.25. The zero-order chi connectivity index (χ0) is 18.4. The first-order valence-corrected chi connectivity index (χ1v) is 9.91. The molecule has 25 heavy (non-hydrogen) atoms. The van der Waals surface area contributed by atoms with E-state index in [-0.39, 0.29) is 18.5 Å². The van der Waals surface area contributed by atoms with Gasteiger partial charge in [0.2, 0.25) is 15.9 Å². The second-order valence-electron chi connectivity index (χ2n) is 6.09. The third-order valence-corrected chi connectivity index (χ3v) is 4.73. The first-order valence-electron chi connectivity index (χ1n) is 8.01. The van der Waals surface area contributed by atoms with Gasteiger partial charge in [0.1, 0.15) is 11.5 Å². The molecule has 0 atom stereocenters. The van der Waals surface area contributed by atoms with Crippen molar-refractivity contribution in [2.75, 3.05) is 45.4 Å². The maximum atomic E-state index is 12.2. The maximum Gasteiger partial charge on any atom is 0.238 e. The summed E-state index contributed by atoms with van der Waals surface area (Å²) in [5, 5.41) is 2.84. The predicted octanol–water partition coefficient (Wildman–Crippen LogP) is 0.656. The highest BCUT2D eigenvalue weighted by atomic mass is 32.2. The smallest absolute Gasteiger partial charge is 0.238 e. The number of hydrogen-bond donors (Lipinski definition) is 2. The standard InChI is InChI=1S/C16H25N3O5S/c1-23-14-8-13(9-15(10-14)24-2)17-16(20)11-19-6-4-12(5-7-19)18-25(3,21)22/h8-10,12,18H,4-7,11H2,1-3H3,(H,17,20). The fraction of sp³-hybridized carbons (Fsp3) is 0.562. The Bertz CT molecular complexity index is 677. The summed E-state index contributed by atoms with van der Waals surface area (Å²) in [6.07, 6.45) is 2.54. The van der Waals surface area contributed by atoms with Crippen molar-refractivity contribution in [1.82, 2.24) is 9.62 Å². The molecule has 0 aromatic heterocycles. The summed E-state index contributed by atoms with van der Waals surface area (Å²) in [7, 11) is -0.0885. The van der Waals surface area contributed by atoms with Crippen LogP contribution in [0.3, 0.4) is 0 Å². The molecule has 1 heterocycles. The van der Waals surface area contributed by atoms with Gasteiger partial charge in [0.25, 0.3) is 0 Å². The number of carbonyl (C=O) groups is 1. The van der Waals surface area contributed by atoms with Crippen LogP contribution < -0.4 is 19.5 Å². The lowest BCUT2D eigenvalue weighted by molar-refractivity contribution is -0.117. The average Bonchev–Trinajstić information content (AvgIpc) is 2.54. The number of sulfonamides is 1. The Kier molecular flexibility index (Phi) is 6.63. The lowest BCUT2D eigenvalue weighted by atomic mass is 10.1. The third-order valence-electron chi connectivity index (χ3n) is 3.97. The van der Waals surface area contributed by atoms with Gasteiger partial charge in [-0.25, -0.2) is 13.1 Å². The number of methoxy groups -OCH3 is 2. The van der Waals surface area contributed by atoms with Gasteiger partial charge in [0.15, 0.2) is 0 Å². The molecular formula is C16H25N3O5S. The van der Waals surface area contributed by atoms with Gasteiger partial charge in [-0.05, 0) is 12.8 Å². The van der Waals surface area contributed by atoms with Crippen molar-refractivity contribution in [3.63, 3.8) is 0 Å². The van der Waals surface area contributed by atoms with Crippen molar-refractivity contribution in [1.29, 1.82) is 0 Å². The zero-order valence-electron chi connectivity index (χ0n) is 14.7. The second-order valence-corrected chi connectivity index (χ2v) is 7.87. The van der Waals surface area contributed by atoms with E-state index in [0.29, 0.717) is 43.1 Å². The molecule has 1 amide bonds. The Balaban J connectivity index is 1.85. The molecular weight excluding hydrogens is 346 g/mol. The maximum absolute atomic E-state index is 12.2. The van der Waals surface area contributed by atoms with Gasteiger partial charge < -0.3 is 14.8 Å². The number of piperidine rings is 1. The monoisotopic (exact) mass is 371 g/mol. The Hall–Kier alpha value is -1.84. The third kappa shape index (κ3) is 6.52. The molecule has 2 rings (SSSR count). The van der Waals surface area contributed by atoms with Crippen molar-refractivity contribution < 1.29 is 22.7 Å². The van der Waals surface area contributed by atoms with Crippen LogP contribution in [0.2, 0.25) is 0 Å².